The second-order valence-corrected chi connectivity index (χ2v) is 15.2. The number of aromatic nitrogens is 2. The highest BCUT2D eigenvalue weighted by molar-refractivity contribution is 6.19. The van der Waals surface area contributed by atoms with Crippen molar-refractivity contribution in [3.8, 4) is 34.0 Å². The Kier molecular flexibility index (Phi) is 5.83. The molecule has 1 aliphatic heterocycles. The van der Waals surface area contributed by atoms with E-state index in [9.17, 15) is 0 Å². The molecule has 1 spiro atoms. The van der Waals surface area contributed by atoms with Crippen LogP contribution in [0.15, 0.2) is 194 Å². The van der Waals surface area contributed by atoms with Gasteiger partial charge in [-0.1, -0.05) is 140 Å². The van der Waals surface area contributed by atoms with Gasteiger partial charge in [-0.25, -0.2) is 0 Å². The standard InChI is InChI=1S/C53H32N2O/c1-2-14-36-33(13-1)25-30-41-42-31-46-51(56-50-24-12-9-21-45(50)53(46)43-19-7-3-15-37(43)38-16-4-8-20-44(38)53)32-49(42)55(52(36)41)35-28-26-34(27-29-35)54-47-22-10-5-17-39(47)40-18-6-11-23-48(40)54/h1-32H. The van der Waals surface area contributed by atoms with Crippen LogP contribution in [0.2, 0.25) is 0 Å². The van der Waals surface area contributed by atoms with E-state index in [0.717, 1.165) is 28.4 Å². The fraction of sp³-hybridized carbons (Fsp3) is 0.0189. The van der Waals surface area contributed by atoms with Crippen LogP contribution < -0.4 is 4.74 Å². The van der Waals surface area contributed by atoms with Crippen LogP contribution in [0.4, 0.5) is 0 Å². The minimum absolute atomic E-state index is 0.527. The highest BCUT2D eigenvalue weighted by Crippen LogP contribution is 2.62. The lowest BCUT2D eigenvalue weighted by molar-refractivity contribution is 0.437. The number of ether oxygens (including phenoxy) is 1. The molecule has 56 heavy (non-hydrogen) atoms. The summed E-state index contributed by atoms with van der Waals surface area (Å²) in [6, 6.07) is 71.1. The third kappa shape index (κ3) is 3.72. The van der Waals surface area contributed by atoms with E-state index in [1.165, 1.54) is 82.2 Å². The molecule has 9 aromatic carbocycles. The summed E-state index contributed by atoms with van der Waals surface area (Å²) in [6.07, 6.45) is 0. The largest absolute Gasteiger partial charge is 0.457 e. The quantitative estimate of drug-likeness (QED) is 0.175. The lowest BCUT2D eigenvalue weighted by Crippen LogP contribution is -2.32. The molecule has 2 aliphatic rings. The molecule has 0 fully saturated rings. The van der Waals surface area contributed by atoms with Crippen molar-refractivity contribution in [2.24, 2.45) is 0 Å². The number of fused-ring (bicyclic) bond motifs is 17. The molecule has 11 aromatic rings. The van der Waals surface area contributed by atoms with Gasteiger partial charge in [-0.15, -0.1) is 0 Å². The first kappa shape index (κ1) is 30.0. The average molecular weight is 713 g/mol. The molecule has 0 bridgehead atoms. The summed E-state index contributed by atoms with van der Waals surface area (Å²) in [5, 5.41) is 7.40. The Bertz CT molecular complexity index is 3360. The second kappa shape index (κ2) is 10.9. The number of nitrogens with zero attached hydrogens (tertiary/aromatic N) is 2. The van der Waals surface area contributed by atoms with Gasteiger partial charge in [-0.2, -0.15) is 0 Å². The Morgan fingerprint density at radius 1 is 0.339 bits per heavy atom. The first-order valence-corrected chi connectivity index (χ1v) is 19.4. The molecule has 3 nitrogen and oxygen atoms in total. The van der Waals surface area contributed by atoms with Crippen LogP contribution in [0, 0.1) is 0 Å². The van der Waals surface area contributed by atoms with Crippen molar-refractivity contribution in [3.05, 3.63) is 216 Å². The van der Waals surface area contributed by atoms with Crippen molar-refractivity contribution in [2.45, 2.75) is 5.41 Å². The molecule has 3 heterocycles. The van der Waals surface area contributed by atoms with Crippen molar-refractivity contribution in [1.82, 2.24) is 9.13 Å². The van der Waals surface area contributed by atoms with Crippen molar-refractivity contribution >= 4 is 54.4 Å². The summed E-state index contributed by atoms with van der Waals surface area (Å²) in [7, 11) is 0. The van der Waals surface area contributed by atoms with Crippen molar-refractivity contribution in [2.75, 3.05) is 0 Å². The van der Waals surface area contributed by atoms with Gasteiger partial charge < -0.3 is 13.9 Å². The van der Waals surface area contributed by atoms with Gasteiger partial charge in [-0.3, -0.25) is 0 Å². The summed E-state index contributed by atoms with van der Waals surface area (Å²) < 4.78 is 11.8. The van der Waals surface area contributed by atoms with Crippen molar-refractivity contribution < 1.29 is 4.74 Å². The molecular weight excluding hydrogens is 681 g/mol. The second-order valence-electron chi connectivity index (χ2n) is 15.2. The summed E-state index contributed by atoms with van der Waals surface area (Å²) in [5.74, 6) is 1.78. The Hall–Kier alpha value is -7.36. The first-order valence-electron chi connectivity index (χ1n) is 19.4. The first-order chi connectivity index (χ1) is 27.8. The van der Waals surface area contributed by atoms with E-state index < -0.39 is 5.41 Å². The number of benzene rings is 9. The maximum absolute atomic E-state index is 7.01. The normalized spacial score (nSPS) is 13.6. The Balaban J connectivity index is 1.11. The molecule has 2 aromatic heterocycles. The third-order valence-corrected chi connectivity index (χ3v) is 12.6. The zero-order valence-corrected chi connectivity index (χ0v) is 30.3. The highest BCUT2D eigenvalue weighted by atomic mass is 16.5. The average Bonchev–Trinajstić information content (AvgIpc) is 3.88. The molecule has 13 rings (SSSR count). The van der Waals surface area contributed by atoms with Crippen LogP contribution in [0.5, 0.6) is 11.5 Å². The maximum atomic E-state index is 7.01. The zero-order valence-electron chi connectivity index (χ0n) is 30.3. The lowest BCUT2D eigenvalue weighted by atomic mass is 9.66. The van der Waals surface area contributed by atoms with Crippen LogP contribution in [0.1, 0.15) is 22.3 Å². The molecule has 0 saturated heterocycles. The van der Waals surface area contributed by atoms with E-state index in [-0.39, 0.29) is 0 Å². The number of rotatable bonds is 2. The van der Waals surface area contributed by atoms with E-state index in [1.54, 1.807) is 0 Å². The van der Waals surface area contributed by atoms with Crippen molar-refractivity contribution in [3.63, 3.8) is 0 Å². The van der Waals surface area contributed by atoms with E-state index in [4.69, 9.17) is 4.74 Å². The maximum Gasteiger partial charge on any atom is 0.134 e. The molecule has 1 aliphatic carbocycles. The highest BCUT2D eigenvalue weighted by Gasteiger charge is 2.51. The summed E-state index contributed by atoms with van der Waals surface area (Å²) in [4.78, 5) is 0. The minimum atomic E-state index is -0.527. The molecule has 0 unspecified atom stereocenters. The Morgan fingerprint density at radius 3 is 1.59 bits per heavy atom. The Morgan fingerprint density at radius 2 is 0.893 bits per heavy atom. The van der Waals surface area contributed by atoms with Gasteiger partial charge in [0.25, 0.3) is 0 Å². The number of hydrogen-bond donors (Lipinski definition) is 0. The molecule has 0 atom stereocenters. The summed E-state index contributed by atoms with van der Waals surface area (Å²) in [6.45, 7) is 0. The fourth-order valence-electron chi connectivity index (χ4n) is 10.3. The van der Waals surface area contributed by atoms with E-state index in [0.29, 0.717) is 0 Å². The SMILES string of the molecule is c1ccc2c(c1)Oc1cc3c(cc1C21c2ccccc2-c2ccccc21)c1ccc2ccccc2c1n3-c1ccc(-n2c3ccccc3c3ccccc32)cc1. The molecule has 260 valence electrons. The topological polar surface area (TPSA) is 19.1 Å². The van der Waals surface area contributed by atoms with Crippen LogP contribution >= 0.6 is 0 Å². The molecular formula is C53H32N2O. The van der Waals surface area contributed by atoms with Crippen LogP contribution in [-0.2, 0) is 5.41 Å². The predicted octanol–water partition coefficient (Wildman–Crippen LogP) is 13.5. The van der Waals surface area contributed by atoms with Gasteiger partial charge in [0.2, 0.25) is 0 Å². The number of hydrogen-bond acceptors (Lipinski definition) is 1. The van der Waals surface area contributed by atoms with Crippen LogP contribution in [0.25, 0.3) is 76.9 Å². The van der Waals surface area contributed by atoms with Gasteiger partial charge in [0, 0.05) is 55.5 Å². The molecule has 0 radical (unpaired) electrons. The van der Waals surface area contributed by atoms with Crippen LogP contribution in [0.3, 0.4) is 0 Å². The lowest BCUT2D eigenvalue weighted by Gasteiger charge is -2.39. The monoisotopic (exact) mass is 712 g/mol. The predicted molar refractivity (Wildman–Crippen MR) is 230 cm³/mol. The van der Waals surface area contributed by atoms with Crippen molar-refractivity contribution in [1.29, 1.82) is 0 Å². The van der Waals surface area contributed by atoms with Gasteiger partial charge in [0.05, 0.1) is 27.5 Å². The molecule has 3 heteroatoms. The van der Waals surface area contributed by atoms with Gasteiger partial charge in [0.15, 0.2) is 0 Å². The fourth-order valence-corrected chi connectivity index (χ4v) is 10.3. The van der Waals surface area contributed by atoms with Gasteiger partial charge >= 0.3 is 0 Å². The van der Waals surface area contributed by atoms with E-state index in [1.807, 2.05) is 0 Å². The molecule has 0 saturated carbocycles. The van der Waals surface area contributed by atoms with E-state index in [2.05, 4.69) is 203 Å². The molecule has 0 amide bonds. The van der Waals surface area contributed by atoms with Crippen LogP contribution in [-0.4, -0.2) is 9.13 Å². The minimum Gasteiger partial charge on any atom is -0.457 e. The van der Waals surface area contributed by atoms with Gasteiger partial charge in [-0.05, 0) is 76.2 Å². The Labute approximate surface area is 322 Å². The molecule has 0 N–H and O–H groups in total. The zero-order chi connectivity index (χ0) is 36.5. The number of para-hydroxylation sites is 3. The summed E-state index contributed by atoms with van der Waals surface area (Å²) >= 11 is 0. The van der Waals surface area contributed by atoms with E-state index >= 15 is 0 Å². The smallest absolute Gasteiger partial charge is 0.134 e. The summed E-state index contributed by atoms with van der Waals surface area (Å²) in [5.41, 5.74) is 14.0. The third-order valence-electron chi connectivity index (χ3n) is 12.6. The van der Waals surface area contributed by atoms with Gasteiger partial charge in [0.1, 0.15) is 11.5 Å².